The van der Waals surface area contributed by atoms with E-state index in [0.29, 0.717) is 19.5 Å². The molecule has 0 bridgehead atoms. The van der Waals surface area contributed by atoms with E-state index in [2.05, 4.69) is 15.5 Å². The summed E-state index contributed by atoms with van der Waals surface area (Å²) in [5.41, 5.74) is 1.05. The number of nitrogens with zero attached hydrogens (tertiary/aromatic N) is 3. The third-order valence-electron chi connectivity index (χ3n) is 4.70. The molecule has 1 atom stereocenters. The van der Waals surface area contributed by atoms with Crippen molar-refractivity contribution in [3.05, 3.63) is 71.6 Å². The molecule has 0 saturated carbocycles. The number of urea groups is 1. The summed E-state index contributed by atoms with van der Waals surface area (Å²) in [4.78, 5) is 18.5. The SMILES string of the molecule is O=C(NCc1ccccc1)N1CCCC1c1nc(-c2ccc(F)cc2F)no1. The Labute approximate surface area is 160 Å². The quantitative estimate of drug-likeness (QED) is 0.736. The second-order valence-corrected chi connectivity index (χ2v) is 6.58. The third kappa shape index (κ3) is 3.71. The van der Waals surface area contributed by atoms with Gasteiger partial charge in [-0.1, -0.05) is 35.5 Å². The van der Waals surface area contributed by atoms with Crippen molar-refractivity contribution in [3.8, 4) is 11.4 Å². The molecule has 0 spiro atoms. The van der Waals surface area contributed by atoms with Crippen LogP contribution < -0.4 is 5.32 Å². The van der Waals surface area contributed by atoms with Crippen molar-refractivity contribution in [3.63, 3.8) is 0 Å². The average molecular weight is 384 g/mol. The zero-order valence-corrected chi connectivity index (χ0v) is 14.9. The van der Waals surface area contributed by atoms with Crippen LogP contribution in [0.3, 0.4) is 0 Å². The lowest BCUT2D eigenvalue weighted by Crippen LogP contribution is -2.39. The molecule has 2 heterocycles. The molecule has 1 saturated heterocycles. The predicted molar refractivity (Wildman–Crippen MR) is 97.0 cm³/mol. The first-order chi connectivity index (χ1) is 13.6. The normalized spacial score (nSPS) is 16.4. The van der Waals surface area contributed by atoms with Crippen molar-refractivity contribution in [1.82, 2.24) is 20.4 Å². The number of aromatic nitrogens is 2. The number of rotatable bonds is 4. The van der Waals surface area contributed by atoms with E-state index in [9.17, 15) is 13.6 Å². The van der Waals surface area contributed by atoms with Crippen LogP contribution in [0.5, 0.6) is 0 Å². The van der Waals surface area contributed by atoms with E-state index >= 15 is 0 Å². The Bertz CT molecular complexity index is 977. The molecular formula is C20H18F2N4O2. The molecule has 0 aliphatic carbocycles. The number of carbonyl (C=O) groups excluding carboxylic acids is 1. The zero-order chi connectivity index (χ0) is 19.5. The molecule has 1 aliphatic heterocycles. The van der Waals surface area contributed by atoms with Gasteiger partial charge in [-0.15, -0.1) is 0 Å². The minimum atomic E-state index is -0.767. The van der Waals surface area contributed by atoms with Gasteiger partial charge in [0, 0.05) is 19.2 Å². The molecule has 28 heavy (non-hydrogen) atoms. The Balaban J connectivity index is 1.47. The summed E-state index contributed by atoms with van der Waals surface area (Å²) in [5, 5.41) is 6.69. The first-order valence-corrected chi connectivity index (χ1v) is 8.99. The van der Waals surface area contributed by atoms with E-state index in [1.54, 1.807) is 4.90 Å². The maximum Gasteiger partial charge on any atom is 0.318 e. The van der Waals surface area contributed by atoms with Gasteiger partial charge in [-0.05, 0) is 30.5 Å². The summed E-state index contributed by atoms with van der Waals surface area (Å²) in [7, 11) is 0. The molecule has 144 valence electrons. The fourth-order valence-electron chi connectivity index (χ4n) is 3.29. The van der Waals surface area contributed by atoms with Crippen LogP contribution >= 0.6 is 0 Å². The van der Waals surface area contributed by atoms with Crippen LogP contribution in [0.2, 0.25) is 0 Å². The summed E-state index contributed by atoms with van der Waals surface area (Å²) >= 11 is 0. The Morgan fingerprint density at radius 3 is 2.82 bits per heavy atom. The highest BCUT2D eigenvalue weighted by atomic mass is 19.1. The lowest BCUT2D eigenvalue weighted by atomic mass is 10.2. The van der Waals surface area contributed by atoms with E-state index in [1.165, 1.54) is 6.07 Å². The molecule has 0 radical (unpaired) electrons. The van der Waals surface area contributed by atoms with Crippen molar-refractivity contribution in [2.24, 2.45) is 0 Å². The van der Waals surface area contributed by atoms with Gasteiger partial charge in [-0.3, -0.25) is 0 Å². The second-order valence-electron chi connectivity index (χ2n) is 6.58. The molecule has 1 aliphatic rings. The van der Waals surface area contributed by atoms with Crippen LogP contribution in [0.1, 0.15) is 30.3 Å². The lowest BCUT2D eigenvalue weighted by molar-refractivity contribution is 0.180. The first-order valence-electron chi connectivity index (χ1n) is 8.99. The van der Waals surface area contributed by atoms with Gasteiger partial charge in [-0.25, -0.2) is 13.6 Å². The van der Waals surface area contributed by atoms with Crippen LogP contribution in [-0.4, -0.2) is 27.6 Å². The van der Waals surface area contributed by atoms with Gasteiger partial charge >= 0.3 is 6.03 Å². The van der Waals surface area contributed by atoms with Gasteiger partial charge in [0.1, 0.15) is 17.7 Å². The number of hydrogen-bond donors (Lipinski definition) is 1. The number of amides is 2. The summed E-state index contributed by atoms with van der Waals surface area (Å²) in [6, 6.07) is 12.2. The molecule has 2 amide bonds. The number of halogens is 2. The number of likely N-dealkylation sites (tertiary alicyclic amines) is 1. The standard InChI is InChI=1S/C20H18F2N4O2/c21-14-8-9-15(16(22)11-14)18-24-19(28-25-18)17-7-4-10-26(17)20(27)23-12-13-5-2-1-3-6-13/h1-3,5-6,8-9,11,17H,4,7,10,12H2,(H,23,27). The Morgan fingerprint density at radius 1 is 1.21 bits per heavy atom. The van der Waals surface area contributed by atoms with Crippen molar-refractivity contribution >= 4 is 6.03 Å². The highest BCUT2D eigenvalue weighted by Crippen LogP contribution is 2.32. The van der Waals surface area contributed by atoms with E-state index in [1.807, 2.05) is 30.3 Å². The van der Waals surface area contributed by atoms with Gasteiger partial charge < -0.3 is 14.7 Å². The minimum absolute atomic E-state index is 0.0315. The Morgan fingerprint density at radius 2 is 2.04 bits per heavy atom. The third-order valence-corrected chi connectivity index (χ3v) is 4.70. The Hall–Kier alpha value is -3.29. The number of carbonyl (C=O) groups is 1. The lowest BCUT2D eigenvalue weighted by Gasteiger charge is -2.22. The molecule has 3 aromatic rings. The Kier molecular flexibility index (Phi) is 5.01. The summed E-state index contributed by atoms with van der Waals surface area (Å²) < 4.78 is 32.3. The second kappa shape index (κ2) is 7.75. The van der Waals surface area contributed by atoms with Crippen LogP contribution in [0.15, 0.2) is 53.1 Å². The first kappa shape index (κ1) is 18.1. The average Bonchev–Trinajstić information content (AvgIpc) is 3.36. The van der Waals surface area contributed by atoms with Gasteiger partial charge in [-0.2, -0.15) is 4.98 Å². The maximum absolute atomic E-state index is 14.0. The van der Waals surface area contributed by atoms with Crippen LogP contribution in [-0.2, 0) is 6.54 Å². The molecule has 1 N–H and O–H groups in total. The monoisotopic (exact) mass is 384 g/mol. The smallest absolute Gasteiger partial charge is 0.318 e. The van der Waals surface area contributed by atoms with Crippen LogP contribution in [0, 0.1) is 11.6 Å². The molecule has 1 unspecified atom stereocenters. The van der Waals surface area contributed by atoms with Crippen molar-refractivity contribution in [2.45, 2.75) is 25.4 Å². The molecule has 4 rings (SSSR count). The van der Waals surface area contributed by atoms with E-state index in [0.717, 1.165) is 24.1 Å². The molecule has 1 fully saturated rings. The highest BCUT2D eigenvalue weighted by Gasteiger charge is 2.34. The van der Waals surface area contributed by atoms with Gasteiger partial charge in [0.2, 0.25) is 11.7 Å². The van der Waals surface area contributed by atoms with Crippen LogP contribution in [0.4, 0.5) is 13.6 Å². The molecule has 1 aromatic heterocycles. The largest absolute Gasteiger partial charge is 0.337 e. The van der Waals surface area contributed by atoms with Crippen molar-refractivity contribution in [2.75, 3.05) is 6.54 Å². The molecule has 2 aromatic carbocycles. The molecular weight excluding hydrogens is 366 g/mol. The molecule has 6 nitrogen and oxygen atoms in total. The van der Waals surface area contributed by atoms with Crippen molar-refractivity contribution in [1.29, 1.82) is 0 Å². The van der Waals surface area contributed by atoms with E-state index in [4.69, 9.17) is 4.52 Å². The predicted octanol–water partition coefficient (Wildman–Crippen LogP) is 4.06. The van der Waals surface area contributed by atoms with Crippen molar-refractivity contribution < 1.29 is 18.1 Å². The molecule has 8 heteroatoms. The summed E-state index contributed by atoms with van der Waals surface area (Å²) in [5.74, 6) is -1.17. The number of hydrogen-bond acceptors (Lipinski definition) is 4. The zero-order valence-electron chi connectivity index (χ0n) is 14.9. The van der Waals surface area contributed by atoms with Gasteiger partial charge in [0.25, 0.3) is 0 Å². The number of benzene rings is 2. The fourth-order valence-corrected chi connectivity index (χ4v) is 3.29. The van der Waals surface area contributed by atoms with E-state index < -0.39 is 11.6 Å². The topological polar surface area (TPSA) is 71.3 Å². The summed E-state index contributed by atoms with van der Waals surface area (Å²) in [6.45, 7) is 0.979. The van der Waals surface area contributed by atoms with Crippen LogP contribution in [0.25, 0.3) is 11.4 Å². The highest BCUT2D eigenvalue weighted by molar-refractivity contribution is 5.75. The van der Waals surface area contributed by atoms with Gasteiger partial charge in [0.15, 0.2) is 0 Å². The van der Waals surface area contributed by atoms with Gasteiger partial charge in [0.05, 0.1) is 5.56 Å². The maximum atomic E-state index is 14.0. The summed E-state index contributed by atoms with van der Waals surface area (Å²) in [6.07, 6.45) is 1.47. The fraction of sp³-hybridized carbons (Fsp3) is 0.250. The van der Waals surface area contributed by atoms with E-state index in [-0.39, 0.29) is 29.4 Å². The number of nitrogens with one attached hydrogen (secondary N) is 1. The minimum Gasteiger partial charge on any atom is -0.337 e.